The Morgan fingerprint density at radius 3 is 2.48 bits per heavy atom. The summed E-state index contributed by atoms with van der Waals surface area (Å²) < 4.78 is 7.01. The predicted octanol–water partition coefficient (Wildman–Crippen LogP) is 3.61. The van der Waals surface area contributed by atoms with Crippen LogP contribution in [0.2, 0.25) is 5.02 Å². The van der Waals surface area contributed by atoms with Gasteiger partial charge in [0, 0.05) is 33.3 Å². The van der Waals surface area contributed by atoms with Gasteiger partial charge in [0.25, 0.3) is 11.5 Å². The highest BCUT2D eigenvalue weighted by Gasteiger charge is 2.30. The van der Waals surface area contributed by atoms with Crippen LogP contribution in [0.3, 0.4) is 0 Å². The van der Waals surface area contributed by atoms with Crippen LogP contribution in [0.15, 0.2) is 53.3 Å². The molecule has 0 N–H and O–H groups in total. The maximum absolute atomic E-state index is 13.3. The topological polar surface area (TPSA) is 67.7 Å². The number of ether oxygens (including phenoxy) is 1. The largest absolute Gasteiger partial charge is 0.383 e. The van der Waals surface area contributed by atoms with Crippen molar-refractivity contribution >= 4 is 28.4 Å². The zero-order chi connectivity index (χ0) is 23.4. The molecule has 0 spiro atoms. The van der Waals surface area contributed by atoms with Gasteiger partial charge in [-0.15, -0.1) is 0 Å². The second kappa shape index (κ2) is 10.5. The third kappa shape index (κ3) is 4.81. The fourth-order valence-electron chi connectivity index (χ4n) is 4.48. The number of piperazine rings is 1. The van der Waals surface area contributed by atoms with E-state index in [4.69, 9.17) is 21.3 Å². The van der Waals surface area contributed by atoms with Crippen molar-refractivity contribution in [3.05, 3.63) is 75.3 Å². The van der Waals surface area contributed by atoms with Crippen molar-refractivity contribution in [3.8, 4) is 0 Å². The average molecular weight is 469 g/mol. The maximum atomic E-state index is 13.3. The smallest absolute Gasteiger partial charge is 0.261 e. The number of amides is 1. The van der Waals surface area contributed by atoms with E-state index in [1.54, 1.807) is 23.8 Å². The number of benzene rings is 2. The van der Waals surface area contributed by atoms with Crippen LogP contribution in [0.4, 0.5) is 0 Å². The van der Waals surface area contributed by atoms with Crippen molar-refractivity contribution in [2.24, 2.45) is 0 Å². The molecule has 8 heteroatoms. The van der Waals surface area contributed by atoms with Crippen LogP contribution in [-0.4, -0.2) is 65.2 Å². The first-order valence-electron chi connectivity index (χ1n) is 11.3. The summed E-state index contributed by atoms with van der Waals surface area (Å²) in [5.74, 6) is 0.707. The first-order chi connectivity index (χ1) is 16.0. The number of para-hydroxylation sites is 1. The number of halogens is 1. The van der Waals surface area contributed by atoms with Crippen LogP contribution in [0.5, 0.6) is 0 Å². The molecule has 2 heterocycles. The number of rotatable bonds is 7. The summed E-state index contributed by atoms with van der Waals surface area (Å²) >= 11 is 6.23. The zero-order valence-corrected chi connectivity index (χ0v) is 19.8. The highest BCUT2D eigenvalue weighted by Crippen LogP contribution is 2.26. The lowest BCUT2D eigenvalue weighted by Gasteiger charge is -2.39. The van der Waals surface area contributed by atoms with Gasteiger partial charge in [-0.1, -0.05) is 42.8 Å². The van der Waals surface area contributed by atoms with Crippen molar-refractivity contribution in [2.75, 3.05) is 39.9 Å². The van der Waals surface area contributed by atoms with E-state index in [1.807, 2.05) is 41.3 Å². The molecular weight excluding hydrogens is 440 g/mol. The van der Waals surface area contributed by atoms with Crippen LogP contribution in [-0.2, 0) is 11.3 Å². The van der Waals surface area contributed by atoms with Gasteiger partial charge in [0.2, 0.25) is 0 Å². The molecule has 1 aromatic heterocycles. The molecule has 33 heavy (non-hydrogen) atoms. The molecule has 1 aliphatic heterocycles. The molecule has 3 aromatic rings. The maximum Gasteiger partial charge on any atom is 0.261 e. The highest BCUT2D eigenvalue weighted by atomic mass is 35.5. The number of hydrogen-bond acceptors (Lipinski definition) is 5. The van der Waals surface area contributed by atoms with E-state index in [0.717, 1.165) is 12.2 Å². The highest BCUT2D eigenvalue weighted by molar-refractivity contribution is 6.33. The molecule has 2 aromatic carbocycles. The molecule has 4 rings (SSSR count). The van der Waals surface area contributed by atoms with Crippen molar-refractivity contribution in [3.63, 3.8) is 0 Å². The lowest BCUT2D eigenvalue weighted by Crippen LogP contribution is -2.50. The number of aromatic nitrogens is 2. The molecule has 0 radical (unpaired) electrons. The van der Waals surface area contributed by atoms with Gasteiger partial charge in [0.1, 0.15) is 5.82 Å². The van der Waals surface area contributed by atoms with Crippen LogP contribution >= 0.6 is 11.6 Å². The molecule has 7 nitrogen and oxygen atoms in total. The minimum atomic E-state index is -0.0471. The molecule has 1 saturated heterocycles. The Bertz CT molecular complexity index is 1190. The number of methoxy groups -OCH3 is 1. The molecule has 1 fully saturated rings. The minimum Gasteiger partial charge on any atom is -0.383 e. The monoisotopic (exact) mass is 468 g/mol. The molecule has 0 saturated carbocycles. The number of carbonyl (C=O) groups is 1. The Balaban J connectivity index is 1.59. The quantitative estimate of drug-likeness (QED) is 0.530. The molecule has 174 valence electrons. The number of hydrogen-bond donors (Lipinski definition) is 0. The summed E-state index contributed by atoms with van der Waals surface area (Å²) in [7, 11) is 1.63. The SMILES string of the molecule is CCC(c1nc2ccccc2c(=O)n1CCOC)N1CCN(C(=O)c2ccccc2Cl)CC1. The standard InChI is InChI=1S/C25H29ClN4O3/c1-3-22(23-27-21-11-7-5-9-19(21)25(32)30(23)16-17-33-2)28-12-14-29(15-13-28)24(31)18-8-4-6-10-20(18)26/h4-11,22H,3,12-17H2,1-2H3. The summed E-state index contributed by atoms with van der Waals surface area (Å²) in [4.78, 5) is 35.3. The fraction of sp³-hybridized carbons (Fsp3) is 0.400. The fourth-order valence-corrected chi connectivity index (χ4v) is 4.70. The van der Waals surface area contributed by atoms with E-state index in [-0.39, 0.29) is 17.5 Å². The van der Waals surface area contributed by atoms with Gasteiger partial charge in [-0.05, 0) is 30.7 Å². The normalized spacial score (nSPS) is 15.7. The third-order valence-electron chi connectivity index (χ3n) is 6.24. The first kappa shape index (κ1) is 23.4. The number of carbonyl (C=O) groups excluding carboxylic acids is 1. The van der Waals surface area contributed by atoms with Crippen molar-refractivity contribution in [1.82, 2.24) is 19.4 Å². The van der Waals surface area contributed by atoms with Gasteiger partial charge in [0.15, 0.2) is 0 Å². The van der Waals surface area contributed by atoms with Gasteiger partial charge >= 0.3 is 0 Å². The average Bonchev–Trinajstić information content (AvgIpc) is 2.84. The molecule has 1 unspecified atom stereocenters. The Hall–Kier alpha value is -2.74. The first-order valence-corrected chi connectivity index (χ1v) is 11.7. The predicted molar refractivity (Wildman–Crippen MR) is 130 cm³/mol. The summed E-state index contributed by atoms with van der Waals surface area (Å²) in [5.41, 5.74) is 1.19. The van der Waals surface area contributed by atoms with Crippen molar-refractivity contribution in [2.45, 2.75) is 25.9 Å². The van der Waals surface area contributed by atoms with Crippen LogP contribution < -0.4 is 5.56 Å². The van der Waals surface area contributed by atoms with Crippen molar-refractivity contribution in [1.29, 1.82) is 0 Å². The van der Waals surface area contributed by atoms with Crippen LogP contribution in [0.25, 0.3) is 10.9 Å². The zero-order valence-electron chi connectivity index (χ0n) is 19.0. The molecule has 1 amide bonds. The van der Waals surface area contributed by atoms with E-state index in [1.165, 1.54) is 0 Å². The number of nitrogens with zero attached hydrogens (tertiary/aromatic N) is 4. The van der Waals surface area contributed by atoms with Gasteiger partial charge in [-0.25, -0.2) is 4.98 Å². The summed E-state index contributed by atoms with van der Waals surface area (Å²) in [6.07, 6.45) is 0.802. The summed E-state index contributed by atoms with van der Waals surface area (Å²) in [6.45, 7) is 5.57. The lowest BCUT2D eigenvalue weighted by molar-refractivity contribution is 0.0546. The Morgan fingerprint density at radius 2 is 1.79 bits per heavy atom. The van der Waals surface area contributed by atoms with E-state index in [0.29, 0.717) is 60.8 Å². The minimum absolute atomic E-state index is 0.0308. The third-order valence-corrected chi connectivity index (χ3v) is 6.57. The van der Waals surface area contributed by atoms with E-state index in [9.17, 15) is 9.59 Å². The Morgan fingerprint density at radius 1 is 1.09 bits per heavy atom. The van der Waals surface area contributed by atoms with E-state index < -0.39 is 0 Å². The van der Waals surface area contributed by atoms with Gasteiger partial charge in [0.05, 0.1) is 40.7 Å². The second-order valence-corrected chi connectivity index (χ2v) is 8.58. The van der Waals surface area contributed by atoms with E-state index in [2.05, 4.69) is 11.8 Å². The Labute approximate surface area is 198 Å². The summed E-state index contributed by atoms with van der Waals surface area (Å²) in [5, 5.41) is 1.08. The van der Waals surface area contributed by atoms with Crippen molar-refractivity contribution < 1.29 is 9.53 Å². The molecular formula is C25H29ClN4O3. The molecule has 0 aliphatic carbocycles. The van der Waals surface area contributed by atoms with Gasteiger partial charge < -0.3 is 9.64 Å². The summed E-state index contributed by atoms with van der Waals surface area (Å²) in [6, 6.07) is 14.6. The Kier molecular flexibility index (Phi) is 7.42. The molecule has 0 bridgehead atoms. The molecule has 1 aliphatic rings. The number of fused-ring (bicyclic) bond motifs is 1. The van der Waals surface area contributed by atoms with E-state index >= 15 is 0 Å². The van der Waals surface area contributed by atoms with Crippen LogP contribution in [0, 0.1) is 0 Å². The second-order valence-electron chi connectivity index (χ2n) is 8.17. The lowest BCUT2D eigenvalue weighted by atomic mass is 10.1. The molecule has 1 atom stereocenters. The van der Waals surface area contributed by atoms with Gasteiger partial charge in [-0.3, -0.25) is 19.1 Å². The van der Waals surface area contributed by atoms with Crippen LogP contribution in [0.1, 0.15) is 35.6 Å². The van der Waals surface area contributed by atoms with Gasteiger partial charge in [-0.2, -0.15) is 0 Å².